The van der Waals surface area contributed by atoms with Gasteiger partial charge in [-0.3, -0.25) is 0 Å². The molecule has 0 unspecified atom stereocenters. The van der Waals surface area contributed by atoms with Gasteiger partial charge in [0, 0.05) is 5.97 Å². The third-order valence-corrected chi connectivity index (χ3v) is 5.32. The Bertz CT molecular complexity index is 396. The number of allylic oxidation sites excluding steroid dienone is 2. The van der Waals surface area contributed by atoms with Gasteiger partial charge in [-0.2, -0.15) is 0 Å². The highest BCUT2D eigenvalue weighted by Crippen LogP contribution is 2.38. The number of unbranched alkanes of at least 4 members (excludes halogenated alkanes) is 3. The average Bonchev–Trinajstić information content (AvgIpc) is 2.82. The number of hydrogen-bond donors (Lipinski definition) is 3. The van der Waals surface area contributed by atoms with E-state index in [1.54, 1.807) is 0 Å². The Morgan fingerprint density at radius 2 is 1.84 bits per heavy atom. The van der Waals surface area contributed by atoms with Crippen LogP contribution in [0.5, 0.6) is 0 Å². The van der Waals surface area contributed by atoms with E-state index in [9.17, 15) is 25.2 Å². The molecule has 0 aliphatic heterocycles. The maximum Gasteiger partial charge on any atom is 0.0599 e. The van der Waals surface area contributed by atoms with Gasteiger partial charge in [-0.25, -0.2) is 0 Å². The largest absolute Gasteiger partial charge is 0.550 e. The molecule has 1 rings (SSSR count). The van der Waals surface area contributed by atoms with Gasteiger partial charge in [0.15, 0.2) is 0 Å². The number of hydrogen-bond acceptors (Lipinski definition) is 5. The zero-order chi connectivity index (χ0) is 18.7. The van der Waals surface area contributed by atoms with Crippen molar-refractivity contribution in [2.45, 2.75) is 95.9 Å². The zero-order valence-corrected chi connectivity index (χ0v) is 15.5. The lowest BCUT2D eigenvalue weighted by atomic mass is 9.85. The van der Waals surface area contributed by atoms with Crippen molar-refractivity contribution in [3.05, 3.63) is 12.2 Å². The quantitative estimate of drug-likeness (QED) is 0.346. The van der Waals surface area contributed by atoms with Gasteiger partial charge in [0.2, 0.25) is 0 Å². The highest BCUT2D eigenvalue weighted by molar-refractivity contribution is 5.64. The summed E-state index contributed by atoms with van der Waals surface area (Å²) < 4.78 is 0. The number of rotatable bonds is 13. The van der Waals surface area contributed by atoms with Crippen LogP contribution in [0.3, 0.4) is 0 Å². The van der Waals surface area contributed by atoms with Crippen molar-refractivity contribution in [1.29, 1.82) is 0 Å². The van der Waals surface area contributed by atoms with Gasteiger partial charge in [-0.1, -0.05) is 38.3 Å². The second-order valence-corrected chi connectivity index (χ2v) is 7.40. The van der Waals surface area contributed by atoms with Crippen molar-refractivity contribution in [3.63, 3.8) is 0 Å². The molecule has 0 spiro atoms. The maximum absolute atomic E-state index is 10.4. The van der Waals surface area contributed by atoms with E-state index in [2.05, 4.69) is 6.92 Å². The molecule has 1 aliphatic rings. The Balaban J connectivity index is 2.36. The first-order chi connectivity index (χ1) is 12.0. The number of carbonyl (C=O) groups excluding carboxylic acids is 1. The van der Waals surface area contributed by atoms with E-state index >= 15 is 0 Å². The molecule has 0 amide bonds. The summed E-state index contributed by atoms with van der Waals surface area (Å²) in [6.07, 6.45) is 10.5. The second-order valence-electron chi connectivity index (χ2n) is 7.40. The van der Waals surface area contributed by atoms with E-state index < -0.39 is 18.2 Å². The molecule has 146 valence electrons. The molecule has 1 aliphatic carbocycles. The summed E-state index contributed by atoms with van der Waals surface area (Å²) in [5.74, 6) is -1.00. The van der Waals surface area contributed by atoms with E-state index in [4.69, 9.17) is 0 Å². The molecule has 0 aromatic carbocycles. The molecule has 0 aromatic heterocycles. The highest BCUT2D eigenvalue weighted by Gasteiger charge is 2.40. The van der Waals surface area contributed by atoms with Gasteiger partial charge in [-0.15, -0.1) is 0 Å². The van der Waals surface area contributed by atoms with Gasteiger partial charge in [0.05, 0.1) is 18.3 Å². The average molecular weight is 355 g/mol. The van der Waals surface area contributed by atoms with Crippen LogP contribution in [0, 0.1) is 11.8 Å². The summed E-state index contributed by atoms with van der Waals surface area (Å²) in [6, 6.07) is 0. The maximum atomic E-state index is 10.4. The van der Waals surface area contributed by atoms with Crippen LogP contribution in [-0.4, -0.2) is 39.6 Å². The smallest absolute Gasteiger partial charge is 0.0599 e. The zero-order valence-electron chi connectivity index (χ0n) is 15.5. The third kappa shape index (κ3) is 8.84. The summed E-state index contributed by atoms with van der Waals surface area (Å²) >= 11 is 0. The van der Waals surface area contributed by atoms with Crippen LogP contribution >= 0.6 is 0 Å². The molecule has 0 aromatic rings. The molecular weight excluding hydrogens is 320 g/mol. The van der Waals surface area contributed by atoms with Gasteiger partial charge < -0.3 is 25.2 Å². The van der Waals surface area contributed by atoms with E-state index in [1.165, 1.54) is 0 Å². The Morgan fingerprint density at radius 1 is 1.12 bits per heavy atom. The second kappa shape index (κ2) is 12.4. The first kappa shape index (κ1) is 22.1. The fraction of sp³-hybridized carbons (Fsp3) is 0.850. The molecule has 5 nitrogen and oxygen atoms in total. The molecule has 0 heterocycles. The number of aliphatic carboxylic acids is 1. The lowest BCUT2D eigenvalue weighted by Gasteiger charge is -2.23. The number of carboxylic acid groups (broad SMARTS) is 1. The molecule has 0 saturated heterocycles. The molecule has 5 heteroatoms. The summed E-state index contributed by atoms with van der Waals surface area (Å²) in [4.78, 5) is 10.4. The van der Waals surface area contributed by atoms with Crippen LogP contribution in [0.15, 0.2) is 12.2 Å². The minimum absolute atomic E-state index is 0.00947. The van der Waals surface area contributed by atoms with Gasteiger partial charge in [0.25, 0.3) is 0 Å². The van der Waals surface area contributed by atoms with Crippen molar-refractivity contribution >= 4 is 5.97 Å². The molecule has 1 fully saturated rings. The molecule has 5 atom stereocenters. The minimum Gasteiger partial charge on any atom is -0.550 e. The fourth-order valence-electron chi connectivity index (χ4n) is 3.80. The van der Waals surface area contributed by atoms with Crippen molar-refractivity contribution in [2.24, 2.45) is 11.8 Å². The lowest BCUT2D eigenvalue weighted by molar-refractivity contribution is -0.305. The van der Waals surface area contributed by atoms with E-state index in [1.807, 2.05) is 12.2 Å². The predicted molar refractivity (Wildman–Crippen MR) is 95.6 cm³/mol. The Labute approximate surface area is 151 Å². The van der Waals surface area contributed by atoms with Gasteiger partial charge in [0.1, 0.15) is 0 Å². The predicted octanol–water partition coefficient (Wildman–Crippen LogP) is 1.93. The fourth-order valence-corrected chi connectivity index (χ4v) is 3.80. The first-order valence-corrected chi connectivity index (χ1v) is 9.84. The van der Waals surface area contributed by atoms with Gasteiger partial charge >= 0.3 is 0 Å². The summed E-state index contributed by atoms with van der Waals surface area (Å²) in [5, 5.41) is 40.9. The molecule has 3 N–H and O–H groups in total. The Morgan fingerprint density at radius 3 is 2.52 bits per heavy atom. The van der Waals surface area contributed by atoms with Gasteiger partial charge in [-0.05, 0) is 63.2 Å². The monoisotopic (exact) mass is 355 g/mol. The number of aliphatic hydroxyl groups excluding tert-OH is 3. The normalized spacial score (nSPS) is 27.8. The topological polar surface area (TPSA) is 101 Å². The molecule has 25 heavy (non-hydrogen) atoms. The summed E-state index contributed by atoms with van der Waals surface area (Å²) in [7, 11) is 0. The van der Waals surface area contributed by atoms with Crippen LogP contribution in [0.25, 0.3) is 0 Å². The lowest BCUT2D eigenvalue weighted by Crippen LogP contribution is -2.23. The highest BCUT2D eigenvalue weighted by atomic mass is 16.4. The van der Waals surface area contributed by atoms with Crippen molar-refractivity contribution < 1.29 is 25.2 Å². The summed E-state index contributed by atoms with van der Waals surface area (Å²) in [6.45, 7) is 2.14. The van der Waals surface area contributed by atoms with E-state index in [0.29, 0.717) is 32.1 Å². The minimum atomic E-state index is -1.03. The van der Waals surface area contributed by atoms with Crippen molar-refractivity contribution in [1.82, 2.24) is 0 Å². The van der Waals surface area contributed by atoms with Crippen LogP contribution in [0.4, 0.5) is 0 Å². The Kier molecular flexibility index (Phi) is 11.0. The van der Waals surface area contributed by atoms with Crippen LogP contribution in [0.2, 0.25) is 0 Å². The number of carbonyl (C=O) groups is 1. The summed E-state index contributed by atoms with van der Waals surface area (Å²) in [5.41, 5.74) is 0. The molecule has 0 radical (unpaired) electrons. The van der Waals surface area contributed by atoms with Crippen LogP contribution in [0.1, 0.15) is 77.6 Å². The number of carboxylic acids is 1. The van der Waals surface area contributed by atoms with Crippen molar-refractivity contribution in [2.75, 3.05) is 0 Å². The third-order valence-electron chi connectivity index (χ3n) is 5.32. The standard InChI is InChI=1S/C20H36O5/c1-2-3-6-9-15(21)12-13-17-16(18(22)14-19(17)23)10-7-4-5-8-11-20(24)25/h4,7,15-19,21-23H,2-3,5-6,8-14H2,1H3,(H,24,25)/p-1/b7-4-/t15-,16+,17+,18-,19+/m0/s1. The molecule has 0 bridgehead atoms. The van der Waals surface area contributed by atoms with Crippen molar-refractivity contribution in [3.8, 4) is 0 Å². The van der Waals surface area contributed by atoms with Crippen LogP contribution in [-0.2, 0) is 4.79 Å². The van der Waals surface area contributed by atoms with E-state index in [-0.39, 0.29) is 24.4 Å². The Hall–Kier alpha value is -0.910. The molecule has 1 saturated carbocycles. The van der Waals surface area contributed by atoms with Crippen LogP contribution < -0.4 is 5.11 Å². The first-order valence-electron chi connectivity index (χ1n) is 9.84. The van der Waals surface area contributed by atoms with E-state index in [0.717, 1.165) is 32.1 Å². The molecular formula is C20H35O5-. The SMILES string of the molecule is CCCCC[C@H](O)CC[C@@H]1[C@@H](C/C=C\CCCC(=O)[O-])[C@@H](O)C[C@H]1O. The number of aliphatic hydroxyl groups is 3.